The predicted octanol–water partition coefficient (Wildman–Crippen LogP) is 0.863. The fraction of sp³-hybridized carbons (Fsp3) is 0.900. The number of hydrogen-bond acceptors (Lipinski definition) is 3. The number of carbonyl (C=O) groups is 1. The van der Waals surface area contributed by atoms with Crippen LogP contribution in [0.3, 0.4) is 0 Å². The van der Waals surface area contributed by atoms with E-state index < -0.39 is 0 Å². The summed E-state index contributed by atoms with van der Waals surface area (Å²) in [7, 11) is 0. The van der Waals surface area contributed by atoms with Gasteiger partial charge >= 0.3 is 0 Å². The SMILES string of the molecule is NC1(CC(=O)C2CCCOC2)CC1. The first kappa shape index (κ1) is 9.16. The summed E-state index contributed by atoms with van der Waals surface area (Å²) in [6.45, 7) is 1.44. The first-order chi connectivity index (χ1) is 6.20. The van der Waals surface area contributed by atoms with E-state index in [0.717, 1.165) is 32.3 Å². The maximum absolute atomic E-state index is 11.7. The van der Waals surface area contributed by atoms with Crippen molar-refractivity contribution in [3.8, 4) is 0 Å². The largest absolute Gasteiger partial charge is 0.381 e. The third kappa shape index (κ3) is 2.29. The molecule has 0 amide bonds. The quantitative estimate of drug-likeness (QED) is 0.706. The molecule has 0 aromatic carbocycles. The summed E-state index contributed by atoms with van der Waals surface area (Å²) in [5.41, 5.74) is 5.76. The van der Waals surface area contributed by atoms with E-state index >= 15 is 0 Å². The zero-order valence-corrected chi connectivity index (χ0v) is 7.92. The molecule has 0 aromatic heterocycles. The molecule has 0 spiro atoms. The number of rotatable bonds is 3. The van der Waals surface area contributed by atoms with Crippen molar-refractivity contribution in [3.63, 3.8) is 0 Å². The van der Waals surface area contributed by atoms with Gasteiger partial charge in [-0.05, 0) is 25.7 Å². The normalized spacial score (nSPS) is 31.3. The number of Topliss-reactive ketones (excluding diaryl/α,β-unsaturated/α-hetero) is 1. The third-order valence-corrected chi connectivity index (χ3v) is 3.03. The Labute approximate surface area is 78.6 Å². The van der Waals surface area contributed by atoms with Crippen LogP contribution in [0.25, 0.3) is 0 Å². The second-order valence-corrected chi connectivity index (χ2v) is 4.42. The van der Waals surface area contributed by atoms with Gasteiger partial charge in [-0.1, -0.05) is 0 Å². The van der Waals surface area contributed by atoms with E-state index in [1.165, 1.54) is 0 Å². The smallest absolute Gasteiger partial charge is 0.140 e. The Bertz CT molecular complexity index is 205. The second-order valence-electron chi connectivity index (χ2n) is 4.42. The van der Waals surface area contributed by atoms with Crippen LogP contribution in [-0.2, 0) is 9.53 Å². The second kappa shape index (κ2) is 3.39. The van der Waals surface area contributed by atoms with Crippen molar-refractivity contribution in [1.29, 1.82) is 0 Å². The predicted molar refractivity (Wildman–Crippen MR) is 49.3 cm³/mol. The molecule has 3 heteroatoms. The summed E-state index contributed by atoms with van der Waals surface area (Å²) in [6.07, 6.45) is 4.63. The lowest BCUT2D eigenvalue weighted by Gasteiger charge is -2.22. The number of nitrogens with two attached hydrogens (primary N) is 1. The third-order valence-electron chi connectivity index (χ3n) is 3.03. The van der Waals surface area contributed by atoms with Crippen molar-refractivity contribution < 1.29 is 9.53 Å². The molecular formula is C10H17NO2. The van der Waals surface area contributed by atoms with Gasteiger partial charge in [0.15, 0.2) is 0 Å². The minimum absolute atomic E-state index is 0.130. The Morgan fingerprint density at radius 1 is 1.54 bits per heavy atom. The molecule has 2 rings (SSSR count). The summed E-state index contributed by atoms with van der Waals surface area (Å²) in [5, 5.41) is 0. The average Bonchev–Trinajstić information content (AvgIpc) is 2.85. The fourth-order valence-corrected chi connectivity index (χ4v) is 1.82. The summed E-state index contributed by atoms with van der Waals surface area (Å²) in [6, 6.07) is 0. The molecule has 0 aromatic rings. The molecule has 0 bridgehead atoms. The van der Waals surface area contributed by atoms with Crippen LogP contribution in [0.2, 0.25) is 0 Å². The minimum atomic E-state index is -0.130. The van der Waals surface area contributed by atoms with E-state index in [1.54, 1.807) is 0 Å². The number of carbonyl (C=O) groups excluding carboxylic acids is 1. The lowest BCUT2D eigenvalue weighted by atomic mass is 9.93. The molecule has 1 saturated heterocycles. The Balaban J connectivity index is 1.81. The molecule has 2 fully saturated rings. The fourth-order valence-electron chi connectivity index (χ4n) is 1.82. The van der Waals surface area contributed by atoms with Crippen LogP contribution < -0.4 is 5.73 Å². The molecule has 2 aliphatic rings. The lowest BCUT2D eigenvalue weighted by molar-refractivity contribution is -0.127. The molecule has 1 atom stereocenters. The summed E-state index contributed by atoms with van der Waals surface area (Å²) in [5.74, 6) is 0.453. The van der Waals surface area contributed by atoms with E-state index in [2.05, 4.69) is 0 Å². The van der Waals surface area contributed by atoms with Crippen LogP contribution >= 0.6 is 0 Å². The Hall–Kier alpha value is -0.410. The number of ether oxygens (including phenoxy) is 1. The molecule has 1 aliphatic heterocycles. The molecular weight excluding hydrogens is 166 g/mol. The highest BCUT2D eigenvalue weighted by molar-refractivity contribution is 5.82. The van der Waals surface area contributed by atoms with Crippen molar-refractivity contribution in [2.24, 2.45) is 11.7 Å². The maximum Gasteiger partial charge on any atom is 0.140 e. The first-order valence-electron chi connectivity index (χ1n) is 5.09. The highest BCUT2D eigenvalue weighted by Gasteiger charge is 2.41. The molecule has 0 radical (unpaired) electrons. The van der Waals surface area contributed by atoms with Crippen molar-refractivity contribution in [2.75, 3.05) is 13.2 Å². The molecule has 3 nitrogen and oxygen atoms in total. The van der Waals surface area contributed by atoms with Gasteiger partial charge in [0.1, 0.15) is 5.78 Å². The number of ketones is 1. The van der Waals surface area contributed by atoms with Gasteiger partial charge in [0.05, 0.1) is 6.61 Å². The standard InChI is InChI=1S/C10H17NO2/c11-10(3-4-10)6-9(12)8-2-1-5-13-7-8/h8H,1-7,11H2. The van der Waals surface area contributed by atoms with Crippen LogP contribution in [0.1, 0.15) is 32.1 Å². The molecule has 1 saturated carbocycles. The highest BCUT2D eigenvalue weighted by atomic mass is 16.5. The van der Waals surface area contributed by atoms with Gasteiger partial charge in [-0.3, -0.25) is 4.79 Å². The molecule has 74 valence electrons. The van der Waals surface area contributed by atoms with Crippen molar-refractivity contribution in [2.45, 2.75) is 37.6 Å². The molecule has 1 heterocycles. The van der Waals surface area contributed by atoms with Gasteiger partial charge < -0.3 is 10.5 Å². The molecule has 13 heavy (non-hydrogen) atoms. The van der Waals surface area contributed by atoms with Crippen LogP contribution in [0.5, 0.6) is 0 Å². The highest BCUT2D eigenvalue weighted by Crippen LogP contribution is 2.37. The van der Waals surface area contributed by atoms with Crippen molar-refractivity contribution >= 4 is 5.78 Å². The van der Waals surface area contributed by atoms with Gasteiger partial charge in [0.25, 0.3) is 0 Å². The van der Waals surface area contributed by atoms with E-state index in [4.69, 9.17) is 10.5 Å². The monoisotopic (exact) mass is 183 g/mol. The Morgan fingerprint density at radius 3 is 2.85 bits per heavy atom. The topological polar surface area (TPSA) is 52.3 Å². The molecule has 2 N–H and O–H groups in total. The van der Waals surface area contributed by atoms with E-state index in [9.17, 15) is 4.79 Å². The Morgan fingerprint density at radius 2 is 2.31 bits per heavy atom. The van der Waals surface area contributed by atoms with Crippen LogP contribution in [0.4, 0.5) is 0 Å². The minimum Gasteiger partial charge on any atom is -0.381 e. The molecule has 1 aliphatic carbocycles. The average molecular weight is 183 g/mol. The summed E-state index contributed by atoms with van der Waals surface area (Å²) >= 11 is 0. The summed E-state index contributed by atoms with van der Waals surface area (Å²) in [4.78, 5) is 11.7. The van der Waals surface area contributed by atoms with Crippen LogP contribution in [-0.4, -0.2) is 24.5 Å². The van der Waals surface area contributed by atoms with Crippen LogP contribution in [0, 0.1) is 5.92 Å². The van der Waals surface area contributed by atoms with Gasteiger partial charge in [0.2, 0.25) is 0 Å². The van der Waals surface area contributed by atoms with E-state index in [-0.39, 0.29) is 11.5 Å². The van der Waals surface area contributed by atoms with E-state index in [0.29, 0.717) is 18.8 Å². The zero-order chi connectivity index (χ0) is 9.31. The van der Waals surface area contributed by atoms with Gasteiger partial charge in [-0.25, -0.2) is 0 Å². The number of hydrogen-bond donors (Lipinski definition) is 1. The lowest BCUT2D eigenvalue weighted by Crippen LogP contribution is -2.32. The van der Waals surface area contributed by atoms with Crippen LogP contribution in [0.15, 0.2) is 0 Å². The Kier molecular flexibility index (Phi) is 2.39. The summed E-state index contributed by atoms with van der Waals surface area (Å²) < 4.78 is 5.28. The maximum atomic E-state index is 11.7. The van der Waals surface area contributed by atoms with Crippen molar-refractivity contribution in [1.82, 2.24) is 0 Å². The van der Waals surface area contributed by atoms with Crippen molar-refractivity contribution in [3.05, 3.63) is 0 Å². The molecule has 1 unspecified atom stereocenters. The van der Waals surface area contributed by atoms with Gasteiger partial charge in [-0.2, -0.15) is 0 Å². The van der Waals surface area contributed by atoms with Gasteiger partial charge in [-0.15, -0.1) is 0 Å². The first-order valence-corrected chi connectivity index (χ1v) is 5.09. The van der Waals surface area contributed by atoms with Gasteiger partial charge in [0, 0.05) is 24.5 Å². The zero-order valence-electron chi connectivity index (χ0n) is 7.92. The van der Waals surface area contributed by atoms with E-state index in [1.807, 2.05) is 0 Å².